The van der Waals surface area contributed by atoms with Gasteiger partial charge in [0.25, 0.3) is 0 Å². The number of sulfonamides is 1. The molecule has 1 aromatic carbocycles. The molecule has 8 heteroatoms. The third kappa shape index (κ3) is 5.12. The average molecular weight is 412 g/mol. The minimum atomic E-state index is -3.74. The molecule has 0 atom stereocenters. The van der Waals surface area contributed by atoms with Crippen LogP contribution in [0.5, 0.6) is 0 Å². The van der Waals surface area contributed by atoms with E-state index in [-0.39, 0.29) is 30.8 Å². The molecule has 0 aliphatic heterocycles. The zero-order valence-corrected chi connectivity index (χ0v) is 15.2. The molecule has 24 heavy (non-hydrogen) atoms. The molecule has 0 aliphatic carbocycles. The van der Waals surface area contributed by atoms with E-state index in [9.17, 15) is 18.3 Å². The Morgan fingerprint density at radius 3 is 2.50 bits per heavy atom. The van der Waals surface area contributed by atoms with E-state index in [1.165, 1.54) is 16.4 Å². The zero-order valence-electron chi connectivity index (χ0n) is 12.8. The molecule has 0 saturated heterocycles. The molecule has 0 unspecified atom stereocenters. The summed E-state index contributed by atoms with van der Waals surface area (Å²) in [6.45, 7) is 0.209. The Labute approximate surface area is 149 Å². The van der Waals surface area contributed by atoms with E-state index in [1.807, 2.05) is 0 Å². The quantitative estimate of drug-likeness (QED) is 0.657. The van der Waals surface area contributed by atoms with Gasteiger partial charge < -0.3 is 9.90 Å². The van der Waals surface area contributed by atoms with E-state index in [1.54, 1.807) is 36.7 Å². The Kier molecular flexibility index (Phi) is 6.47. The molecule has 0 aliphatic rings. The van der Waals surface area contributed by atoms with Gasteiger partial charge in [0.05, 0.1) is 4.90 Å². The summed E-state index contributed by atoms with van der Waals surface area (Å²) in [5.74, 6) is -1.20. The molecule has 6 nitrogen and oxygen atoms in total. The maximum atomic E-state index is 12.9. The standard InChI is InChI=1S/C16H17BrN2O4S/c17-14-5-7-15(8-6-14)24(22,23)19(10-2-4-16(20)21)12-13-3-1-9-18-11-13/h1,3,5-9,11H,2,4,10,12H2,(H,20,21)/p-1. The molecule has 0 saturated carbocycles. The number of benzene rings is 1. The molecule has 1 aromatic heterocycles. The number of halogens is 1. The van der Waals surface area contributed by atoms with Crippen molar-refractivity contribution in [2.45, 2.75) is 24.3 Å². The molecule has 0 spiro atoms. The van der Waals surface area contributed by atoms with Crippen LogP contribution in [0.3, 0.4) is 0 Å². The highest BCUT2D eigenvalue weighted by Crippen LogP contribution is 2.21. The van der Waals surface area contributed by atoms with Crippen LogP contribution in [-0.2, 0) is 21.4 Å². The second-order valence-electron chi connectivity index (χ2n) is 5.13. The van der Waals surface area contributed by atoms with Gasteiger partial charge in [-0.05, 0) is 48.7 Å². The van der Waals surface area contributed by atoms with E-state index in [2.05, 4.69) is 20.9 Å². The summed E-state index contributed by atoms with van der Waals surface area (Å²) in [4.78, 5) is 14.7. The van der Waals surface area contributed by atoms with Crippen LogP contribution in [-0.4, -0.2) is 30.2 Å². The minimum Gasteiger partial charge on any atom is -0.550 e. The Balaban J connectivity index is 2.25. The number of pyridine rings is 1. The predicted molar refractivity (Wildman–Crippen MR) is 90.2 cm³/mol. The van der Waals surface area contributed by atoms with Gasteiger partial charge in [0.2, 0.25) is 10.0 Å². The molecule has 2 aromatic rings. The molecule has 1 heterocycles. The summed E-state index contributed by atoms with van der Waals surface area (Å²) < 4.78 is 27.7. The van der Waals surface area contributed by atoms with Crippen LogP contribution in [0, 0.1) is 0 Å². The minimum absolute atomic E-state index is 0.0846. The van der Waals surface area contributed by atoms with Gasteiger partial charge in [0.1, 0.15) is 0 Å². The van der Waals surface area contributed by atoms with Crippen molar-refractivity contribution >= 4 is 31.9 Å². The van der Waals surface area contributed by atoms with Crippen molar-refractivity contribution in [2.24, 2.45) is 0 Å². The molecule has 0 radical (unpaired) electrons. The molecule has 0 fully saturated rings. The van der Waals surface area contributed by atoms with E-state index in [0.29, 0.717) is 0 Å². The number of hydrogen-bond acceptors (Lipinski definition) is 5. The average Bonchev–Trinajstić information content (AvgIpc) is 2.55. The lowest BCUT2D eigenvalue weighted by atomic mass is 10.2. The van der Waals surface area contributed by atoms with Gasteiger partial charge in [-0.25, -0.2) is 8.42 Å². The summed E-state index contributed by atoms with van der Waals surface area (Å²) in [5.41, 5.74) is 0.728. The molecule has 0 amide bonds. The second kappa shape index (κ2) is 8.36. The number of carboxylic acid groups (broad SMARTS) is 1. The highest BCUT2D eigenvalue weighted by atomic mass is 79.9. The van der Waals surface area contributed by atoms with Gasteiger partial charge in [-0.15, -0.1) is 0 Å². The summed E-state index contributed by atoms with van der Waals surface area (Å²) in [6, 6.07) is 9.81. The number of rotatable bonds is 8. The van der Waals surface area contributed by atoms with E-state index >= 15 is 0 Å². The molecule has 0 bridgehead atoms. The van der Waals surface area contributed by atoms with Crippen LogP contribution in [0.4, 0.5) is 0 Å². The van der Waals surface area contributed by atoms with E-state index in [0.717, 1.165) is 10.0 Å². The largest absolute Gasteiger partial charge is 0.550 e. The molecular formula is C16H16BrN2O4S-. The smallest absolute Gasteiger partial charge is 0.243 e. The molecular weight excluding hydrogens is 396 g/mol. The number of carbonyl (C=O) groups excluding carboxylic acids is 1. The monoisotopic (exact) mass is 411 g/mol. The lowest BCUT2D eigenvalue weighted by Crippen LogP contribution is -2.33. The number of aliphatic carboxylic acids is 1. The number of carbonyl (C=O) groups is 1. The number of nitrogens with zero attached hydrogens (tertiary/aromatic N) is 2. The van der Waals surface area contributed by atoms with Crippen LogP contribution in [0.2, 0.25) is 0 Å². The Morgan fingerprint density at radius 2 is 1.92 bits per heavy atom. The fourth-order valence-corrected chi connectivity index (χ4v) is 3.87. The van der Waals surface area contributed by atoms with Crippen molar-refractivity contribution in [3.8, 4) is 0 Å². The first-order valence-corrected chi connectivity index (χ1v) is 9.47. The first-order valence-electron chi connectivity index (χ1n) is 7.24. The Morgan fingerprint density at radius 1 is 1.21 bits per heavy atom. The highest BCUT2D eigenvalue weighted by Gasteiger charge is 2.24. The van der Waals surface area contributed by atoms with Gasteiger partial charge >= 0.3 is 0 Å². The number of hydrogen-bond donors (Lipinski definition) is 0. The second-order valence-corrected chi connectivity index (χ2v) is 7.98. The predicted octanol–water partition coefficient (Wildman–Crippen LogP) is 1.57. The summed E-state index contributed by atoms with van der Waals surface area (Å²) in [5, 5.41) is 10.6. The summed E-state index contributed by atoms with van der Waals surface area (Å²) in [6.07, 6.45) is 3.17. The fourth-order valence-electron chi connectivity index (χ4n) is 2.13. The topological polar surface area (TPSA) is 90.4 Å². The lowest BCUT2D eigenvalue weighted by molar-refractivity contribution is -0.305. The highest BCUT2D eigenvalue weighted by molar-refractivity contribution is 9.10. The van der Waals surface area contributed by atoms with Crippen molar-refractivity contribution in [1.29, 1.82) is 0 Å². The first kappa shape index (κ1) is 18.6. The summed E-state index contributed by atoms with van der Waals surface area (Å²) >= 11 is 3.27. The van der Waals surface area contributed by atoms with Crippen molar-refractivity contribution in [1.82, 2.24) is 9.29 Å². The number of carboxylic acids is 1. The van der Waals surface area contributed by atoms with Crippen molar-refractivity contribution in [3.63, 3.8) is 0 Å². The van der Waals surface area contributed by atoms with Crippen molar-refractivity contribution in [2.75, 3.05) is 6.54 Å². The maximum absolute atomic E-state index is 12.9. The molecule has 128 valence electrons. The normalized spacial score (nSPS) is 11.6. The van der Waals surface area contributed by atoms with Gasteiger partial charge in [0.15, 0.2) is 0 Å². The maximum Gasteiger partial charge on any atom is 0.243 e. The zero-order chi connectivity index (χ0) is 17.6. The lowest BCUT2D eigenvalue weighted by Gasteiger charge is -2.22. The fraction of sp³-hybridized carbons (Fsp3) is 0.250. The molecule has 0 N–H and O–H groups in total. The third-order valence-corrected chi connectivity index (χ3v) is 5.71. The Bertz CT molecular complexity index is 779. The van der Waals surface area contributed by atoms with Crippen LogP contribution < -0.4 is 5.11 Å². The van der Waals surface area contributed by atoms with Crippen LogP contribution in [0.25, 0.3) is 0 Å². The molecule has 2 rings (SSSR count). The van der Waals surface area contributed by atoms with Crippen LogP contribution >= 0.6 is 15.9 Å². The SMILES string of the molecule is O=C([O-])CCCN(Cc1cccnc1)S(=O)(=O)c1ccc(Br)cc1. The summed E-state index contributed by atoms with van der Waals surface area (Å²) in [7, 11) is -3.74. The van der Waals surface area contributed by atoms with Crippen LogP contribution in [0.15, 0.2) is 58.2 Å². The van der Waals surface area contributed by atoms with E-state index < -0.39 is 16.0 Å². The first-order chi connectivity index (χ1) is 11.4. The number of aromatic nitrogens is 1. The van der Waals surface area contributed by atoms with E-state index in [4.69, 9.17) is 0 Å². The van der Waals surface area contributed by atoms with Crippen LogP contribution in [0.1, 0.15) is 18.4 Å². The Hall–Kier alpha value is -1.77. The third-order valence-electron chi connectivity index (χ3n) is 3.32. The van der Waals surface area contributed by atoms with Gasteiger partial charge in [-0.1, -0.05) is 22.0 Å². The van der Waals surface area contributed by atoms with Crippen molar-refractivity contribution < 1.29 is 18.3 Å². The van der Waals surface area contributed by atoms with Gasteiger partial charge in [0, 0.05) is 35.9 Å². The van der Waals surface area contributed by atoms with Gasteiger partial charge in [-0.2, -0.15) is 4.31 Å². The van der Waals surface area contributed by atoms with Gasteiger partial charge in [-0.3, -0.25) is 4.98 Å². The van der Waals surface area contributed by atoms with Crippen molar-refractivity contribution in [3.05, 3.63) is 58.8 Å².